The molecule has 1 aliphatic rings. The van der Waals surface area contributed by atoms with Crippen LogP contribution in [0, 0.1) is 0 Å². The number of benzene rings is 3. The van der Waals surface area contributed by atoms with Gasteiger partial charge in [0.15, 0.2) is 0 Å². The van der Waals surface area contributed by atoms with E-state index in [1.807, 2.05) is 54.6 Å². The van der Waals surface area contributed by atoms with E-state index in [-0.39, 0.29) is 5.75 Å². The highest BCUT2D eigenvalue weighted by Crippen LogP contribution is 2.28. The number of nitrogens with one attached hydrogen (secondary N) is 1. The van der Waals surface area contributed by atoms with Crippen LogP contribution in [0.25, 0.3) is 22.4 Å². The van der Waals surface area contributed by atoms with E-state index < -0.39 is 10.0 Å². The largest absolute Gasteiger partial charge is 0.379 e. The molecular weight excluding hydrogens is 460 g/mol. The molecule has 3 aromatic carbocycles. The Labute approximate surface area is 206 Å². The van der Waals surface area contributed by atoms with Gasteiger partial charge in [0.05, 0.1) is 30.0 Å². The summed E-state index contributed by atoms with van der Waals surface area (Å²) in [7, 11) is -3.45. The van der Waals surface area contributed by atoms with Crippen molar-refractivity contribution in [1.82, 2.24) is 14.5 Å². The molecule has 0 saturated carbocycles. The summed E-state index contributed by atoms with van der Waals surface area (Å²) in [5.74, 6) is 0.893. The third-order valence-electron chi connectivity index (χ3n) is 6.22. The minimum Gasteiger partial charge on any atom is -0.379 e. The molecule has 5 rings (SSSR count). The summed E-state index contributed by atoms with van der Waals surface area (Å²) < 4.78 is 35.8. The molecule has 7 nitrogen and oxygen atoms in total. The monoisotopic (exact) mass is 490 g/mol. The zero-order valence-corrected chi connectivity index (χ0v) is 20.5. The van der Waals surface area contributed by atoms with Gasteiger partial charge in [-0.15, -0.1) is 0 Å². The van der Waals surface area contributed by atoms with Gasteiger partial charge in [0.2, 0.25) is 10.0 Å². The molecule has 0 atom stereocenters. The van der Waals surface area contributed by atoms with Gasteiger partial charge >= 0.3 is 0 Å². The van der Waals surface area contributed by atoms with Crippen molar-refractivity contribution in [1.29, 1.82) is 0 Å². The first kappa shape index (κ1) is 23.5. The molecule has 35 heavy (non-hydrogen) atoms. The average Bonchev–Trinajstić information content (AvgIpc) is 3.23. The van der Waals surface area contributed by atoms with Gasteiger partial charge < -0.3 is 9.30 Å². The van der Waals surface area contributed by atoms with Crippen LogP contribution in [0.1, 0.15) is 12.0 Å². The summed E-state index contributed by atoms with van der Waals surface area (Å²) in [5.41, 5.74) is 4.54. The third-order valence-corrected chi connectivity index (χ3v) is 7.60. The molecule has 0 bridgehead atoms. The summed E-state index contributed by atoms with van der Waals surface area (Å²) in [6, 6.07) is 25.8. The van der Waals surface area contributed by atoms with E-state index in [1.165, 1.54) is 5.56 Å². The summed E-state index contributed by atoms with van der Waals surface area (Å²) in [4.78, 5) is 7.13. The Hall–Kier alpha value is -3.20. The molecule has 0 amide bonds. The van der Waals surface area contributed by atoms with Gasteiger partial charge in [0, 0.05) is 30.9 Å². The lowest BCUT2D eigenvalue weighted by molar-refractivity contribution is 0.0381. The molecule has 0 aliphatic carbocycles. The van der Waals surface area contributed by atoms with Crippen molar-refractivity contribution in [2.75, 3.05) is 43.3 Å². The second-order valence-corrected chi connectivity index (χ2v) is 10.6. The molecule has 0 spiro atoms. The summed E-state index contributed by atoms with van der Waals surface area (Å²) >= 11 is 0. The van der Waals surface area contributed by atoms with Crippen LogP contribution in [0.3, 0.4) is 0 Å². The lowest BCUT2D eigenvalue weighted by Crippen LogP contribution is -2.37. The van der Waals surface area contributed by atoms with E-state index in [1.54, 1.807) is 6.07 Å². The number of sulfonamides is 1. The molecule has 1 N–H and O–H groups in total. The van der Waals surface area contributed by atoms with E-state index in [4.69, 9.17) is 9.72 Å². The number of hydrogen-bond donors (Lipinski definition) is 1. The van der Waals surface area contributed by atoms with Gasteiger partial charge in [-0.1, -0.05) is 54.6 Å². The molecule has 1 aromatic heterocycles. The second-order valence-electron chi connectivity index (χ2n) is 8.81. The van der Waals surface area contributed by atoms with Crippen molar-refractivity contribution in [2.24, 2.45) is 0 Å². The molecule has 1 fully saturated rings. The molecule has 0 unspecified atom stereocenters. The molecule has 182 valence electrons. The standard InChI is InChI=1S/C27H30N4O3S/c32-35(33,19-7-14-30-15-17-34-18-16-30)29-24-11-6-10-23(20-24)27-28-25-12-4-5-13-26(25)31(27)21-22-8-2-1-3-9-22/h1-6,8-13,20,29H,7,14-19,21H2. The van der Waals surface area contributed by atoms with Crippen LogP contribution in [-0.4, -0.2) is 61.5 Å². The number of para-hydroxylation sites is 2. The van der Waals surface area contributed by atoms with Gasteiger partial charge in [-0.25, -0.2) is 13.4 Å². The van der Waals surface area contributed by atoms with Crippen molar-refractivity contribution in [3.05, 3.63) is 84.4 Å². The summed E-state index contributed by atoms with van der Waals surface area (Å²) in [6.45, 7) is 4.58. The topological polar surface area (TPSA) is 76.5 Å². The van der Waals surface area contributed by atoms with E-state index in [0.29, 0.717) is 31.9 Å². The lowest BCUT2D eigenvalue weighted by Gasteiger charge is -2.26. The molecule has 1 aliphatic heterocycles. The fourth-order valence-electron chi connectivity index (χ4n) is 4.48. The highest BCUT2D eigenvalue weighted by atomic mass is 32.2. The number of anilines is 1. The SMILES string of the molecule is O=S(=O)(CCCN1CCOCC1)Nc1cccc(-c2nc3ccccc3n2Cc2ccccc2)c1. The second kappa shape index (κ2) is 10.6. The third kappa shape index (κ3) is 5.90. The number of imidazole rings is 1. The fourth-order valence-corrected chi connectivity index (χ4v) is 5.57. The number of nitrogens with zero attached hydrogens (tertiary/aromatic N) is 3. The fraction of sp³-hybridized carbons (Fsp3) is 0.296. The highest BCUT2D eigenvalue weighted by Gasteiger charge is 2.16. The van der Waals surface area contributed by atoms with Crippen LogP contribution in [-0.2, 0) is 21.3 Å². The summed E-state index contributed by atoms with van der Waals surface area (Å²) in [6.07, 6.45) is 0.585. The Bertz CT molecular complexity index is 1380. The first-order valence-corrected chi connectivity index (χ1v) is 13.6. The van der Waals surface area contributed by atoms with E-state index >= 15 is 0 Å². The van der Waals surface area contributed by atoms with Gasteiger partial charge in [-0.2, -0.15) is 0 Å². The highest BCUT2D eigenvalue weighted by molar-refractivity contribution is 7.92. The lowest BCUT2D eigenvalue weighted by atomic mass is 10.1. The maximum atomic E-state index is 12.8. The van der Waals surface area contributed by atoms with Crippen LogP contribution in [0.5, 0.6) is 0 Å². The number of ether oxygens (including phenoxy) is 1. The normalized spacial score (nSPS) is 14.9. The van der Waals surface area contributed by atoms with Crippen LogP contribution < -0.4 is 4.72 Å². The van der Waals surface area contributed by atoms with Crippen LogP contribution in [0.2, 0.25) is 0 Å². The van der Waals surface area contributed by atoms with Gasteiger partial charge in [0.25, 0.3) is 0 Å². The zero-order valence-electron chi connectivity index (χ0n) is 19.6. The van der Waals surface area contributed by atoms with Crippen molar-refractivity contribution < 1.29 is 13.2 Å². The quantitative estimate of drug-likeness (QED) is 0.380. The molecule has 8 heteroatoms. The molecule has 4 aromatic rings. The van der Waals surface area contributed by atoms with Gasteiger partial charge in [-0.3, -0.25) is 9.62 Å². The average molecular weight is 491 g/mol. The van der Waals surface area contributed by atoms with E-state index in [2.05, 4.69) is 32.4 Å². The predicted molar refractivity (Wildman–Crippen MR) is 140 cm³/mol. The minimum absolute atomic E-state index is 0.0844. The maximum Gasteiger partial charge on any atom is 0.232 e. The van der Waals surface area contributed by atoms with E-state index in [9.17, 15) is 8.42 Å². The smallest absolute Gasteiger partial charge is 0.232 e. The summed E-state index contributed by atoms with van der Waals surface area (Å²) in [5, 5.41) is 0. The minimum atomic E-state index is -3.45. The maximum absolute atomic E-state index is 12.8. The van der Waals surface area contributed by atoms with Crippen molar-refractivity contribution in [3.8, 4) is 11.4 Å². The Balaban J connectivity index is 1.35. The number of fused-ring (bicyclic) bond motifs is 1. The Kier molecular flexibility index (Phi) is 7.13. The Morgan fingerprint density at radius 3 is 2.51 bits per heavy atom. The molecule has 2 heterocycles. The number of morpholine rings is 1. The molecule has 1 saturated heterocycles. The van der Waals surface area contributed by atoms with Crippen molar-refractivity contribution >= 4 is 26.7 Å². The number of hydrogen-bond acceptors (Lipinski definition) is 5. The number of aromatic nitrogens is 2. The predicted octanol–water partition coefficient (Wildman–Crippen LogP) is 4.22. The van der Waals surface area contributed by atoms with Gasteiger partial charge in [-0.05, 0) is 42.8 Å². The zero-order chi connectivity index (χ0) is 24.1. The number of rotatable bonds is 9. The van der Waals surface area contributed by atoms with Crippen molar-refractivity contribution in [3.63, 3.8) is 0 Å². The van der Waals surface area contributed by atoms with E-state index in [0.717, 1.165) is 42.1 Å². The van der Waals surface area contributed by atoms with Crippen LogP contribution in [0.15, 0.2) is 78.9 Å². The molecule has 0 radical (unpaired) electrons. The van der Waals surface area contributed by atoms with Gasteiger partial charge in [0.1, 0.15) is 5.82 Å². The Morgan fingerprint density at radius 1 is 0.914 bits per heavy atom. The molecular formula is C27H30N4O3S. The van der Waals surface area contributed by atoms with Crippen LogP contribution in [0.4, 0.5) is 5.69 Å². The van der Waals surface area contributed by atoms with Crippen molar-refractivity contribution in [2.45, 2.75) is 13.0 Å². The Morgan fingerprint density at radius 2 is 1.69 bits per heavy atom. The first-order valence-electron chi connectivity index (χ1n) is 12.0. The van der Waals surface area contributed by atoms with Crippen LogP contribution >= 0.6 is 0 Å². The first-order chi connectivity index (χ1) is 17.1.